The molecule has 0 aliphatic rings. The van der Waals surface area contributed by atoms with Crippen LogP contribution in [0.5, 0.6) is 5.75 Å². The maximum atomic E-state index is 12.2. The van der Waals surface area contributed by atoms with Gasteiger partial charge in [0.2, 0.25) is 0 Å². The molecule has 0 fully saturated rings. The lowest BCUT2D eigenvalue weighted by Crippen LogP contribution is -2.20. The van der Waals surface area contributed by atoms with Crippen molar-refractivity contribution in [2.24, 2.45) is 5.10 Å². The van der Waals surface area contributed by atoms with E-state index in [0.717, 1.165) is 23.4 Å². The highest BCUT2D eigenvalue weighted by molar-refractivity contribution is 6.02. The van der Waals surface area contributed by atoms with E-state index in [1.54, 1.807) is 24.3 Å². The predicted molar refractivity (Wildman–Crippen MR) is 93.1 cm³/mol. The number of benzene rings is 2. The zero-order valence-corrected chi connectivity index (χ0v) is 13.8. The number of carbonyl (C=O) groups is 1. The van der Waals surface area contributed by atoms with Crippen molar-refractivity contribution < 1.29 is 9.53 Å². The zero-order chi connectivity index (χ0) is 16.7. The summed E-state index contributed by atoms with van der Waals surface area (Å²) in [6.45, 7) is 6.58. The third-order valence-electron chi connectivity index (χ3n) is 3.44. The van der Waals surface area contributed by atoms with Gasteiger partial charge in [-0.2, -0.15) is 5.10 Å². The van der Waals surface area contributed by atoms with Crippen molar-refractivity contribution in [3.05, 3.63) is 65.2 Å². The van der Waals surface area contributed by atoms with E-state index >= 15 is 0 Å². The number of hydrogen-bond acceptors (Lipinski definition) is 3. The molecule has 0 unspecified atom stereocenters. The molecule has 2 aromatic carbocycles. The number of hydrazone groups is 1. The molecule has 2 rings (SSSR count). The van der Waals surface area contributed by atoms with Gasteiger partial charge < -0.3 is 4.74 Å². The lowest BCUT2D eigenvalue weighted by Gasteiger charge is -2.07. The summed E-state index contributed by atoms with van der Waals surface area (Å²) in [7, 11) is 0. The van der Waals surface area contributed by atoms with Crippen LogP contribution in [0.15, 0.2) is 53.6 Å². The largest absolute Gasteiger partial charge is 0.494 e. The molecule has 2 aromatic rings. The molecule has 1 amide bonds. The molecule has 0 heterocycles. The second-order valence-electron chi connectivity index (χ2n) is 5.18. The maximum absolute atomic E-state index is 12.2. The van der Waals surface area contributed by atoms with Gasteiger partial charge in [0.05, 0.1) is 12.3 Å². The van der Waals surface area contributed by atoms with Crippen molar-refractivity contribution in [3.8, 4) is 5.75 Å². The maximum Gasteiger partial charge on any atom is 0.271 e. The first kappa shape index (κ1) is 16.7. The Morgan fingerprint density at radius 1 is 1.00 bits per heavy atom. The standard InChI is InChI=1S/C19H22N2O2/c1-4-18(15-8-6-14(3)7-9-15)20-21-19(22)16-10-12-17(13-11-16)23-5-2/h6-13H,4-5H2,1-3H3,(H,21,22)/b20-18+. The minimum atomic E-state index is -0.230. The predicted octanol–water partition coefficient (Wildman–Crippen LogP) is 3.94. The highest BCUT2D eigenvalue weighted by atomic mass is 16.5. The monoisotopic (exact) mass is 310 g/mol. The summed E-state index contributed by atoms with van der Waals surface area (Å²) in [6, 6.07) is 15.1. The van der Waals surface area contributed by atoms with E-state index in [9.17, 15) is 4.79 Å². The van der Waals surface area contributed by atoms with Gasteiger partial charge in [-0.15, -0.1) is 0 Å². The Bertz CT molecular complexity index is 674. The van der Waals surface area contributed by atoms with Crippen molar-refractivity contribution in [3.63, 3.8) is 0 Å². The van der Waals surface area contributed by atoms with E-state index in [-0.39, 0.29) is 5.91 Å². The molecule has 0 saturated carbocycles. The normalized spacial score (nSPS) is 11.2. The van der Waals surface area contributed by atoms with Crippen LogP contribution >= 0.6 is 0 Å². The van der Waals surface area contributed by atoms with Gasteiger partial charge in [0, 0.05) is 5.56 Å². The molecule has 0 spiro atoms. The van der Waals surface area contributed by atoms with Crippen molar-refractivity contribution in [2.45, 2.75) is 27.2 Å². The molecule has 4 heteroatoms. The summed E-state index contributed by atoms with van der Waals surface area (Å²) >= 11 is 0. The Labute approximate surface area is 137 Å². The molecule has 0 atom stereocenters. The lowest BCUT2D eigenvalue weighted by atomic mass is 10.1. The average molecular weight is 310 g/mol. The van der Waals surface area contributed by atoms with Gasteiger partial charge in [-0.1, -0.05) is 36.8 Å². The lowest BCUT2D eigenvalue weighted by molar-refractivity contribution is 0.0955. The minimum absolute atomic E-state index is 0.230. The molecule has 0 aliphatic heterocycles. The SMILES string of the molecule is CCOc1ccc(C(=O)N/N=C(\CC)c2ccc(C)cc2)cc1. The number of ether oxygens (including phenoxy) is 1. The number of nitrogens with zero attached hydrogens (tertiary/aromatic N) is 1. The Kier molecular flexibility index (Phi) is 5.92. The summed E-state index contributed by atoms with van der Waals surface area (Å²) in [6.07, 6.45) is 0.743. The Morgan fingerprint density at radius 2 is 1.61 bits per heavy atom. The molecule has 1 N–H and O–H groups in total. The molecular weight excluding hydrogens is 288 g/mol. The first-order chi connectivity index (χ1) is 11.1. The molecule has 0 saturated heterocycles. The van der Waals surface area contributed by atoms with E-state index < -0.39 is 0 Å². The zero-order valence-electron chi connectivity index (χ0n) is 13.8. The van der Waals surface area contributed by atoms with E-state index in [1.165, 1.54) is 5.56 Å². The fourth-order valence-corrected chi connectivity index (χ4v) is 2.15. The van der Waals surface area contributed by atoms with Crippen LogP contribution in [-0.2, 0) is 0 Å². The van der Waals surface area contributed by atoms with Crippen molar-refractivity contribution >= 4 is 11.6 Å². The van der Waals surface area contributed by atoms with Gasteiger partial charge in [-0.3, -0.25) is 4.79 Å². The second kappa shape index (κ2) is 8.13. The first-order valence-corrected chi connectivity index (χ1v) is 7.80. The van der Waals surface area contributed by atoms with Gasteiger partial charge >= 0.3 is 0 Å². The average Bonchev–Trinajstić information content (AvgIpc) is 2.57. The van der Waals surface area contributed by atoms with Crippen LogP contribution in [0.3, 0.4) is 0 Å². The van der Waals surface area contributed by atoms with E-state index in [1.807, 2.05) is 45.0 Å². The van der Waals surface area contributed by atoms with Gasteiger partial charge in [-0.05, 0) is 50.1 Å². The minimum Gasteiger partial charge on any atom is -0.494 e. The number of aryl methyl sites for hydroxylation is 1. The Balaban J connectivity index is 2.07. The summed E-state index contributed by atoms with van der Waals surface area (Å²) in [5, 5.41) is 4.26. The van der Waals surface area contributed by atoms with E-state index in [2.05, 4.69) is 10.5 Å². The number of nitrogens with one attached hydrogen (secondary N) is 1. The van der Waals surface area contributed by atoms with Gasteiger partial charge in [0.25, 0.3) is 5.91 Å². The third-order valence-corrected chi connectivity index (χ3v) is 3.44. The van der Waals surface area contributed by atoms with Gasteiger partial charge in [0.1, 0.15) is 5.75 Å². The van der Waals surface area contributed by atoms with E-state index in [4.69, 9.17) is 4.74 Å². The fraction of sp³-hybridized carbons (Fsp3) is 0.263. The van der Waals surface area contributed by atoms with Crippen LogP contribution in [0.25, 0.3) is 0 Å². The van der Waals surface area contributed by atoms with Crippen LogP contribution in [0, 0.1) is 6.92 Å². The Morgan fingerprint density at radius 3 is 2.17 bits per heavy atom. The number of hydrogen-bond donors (Lipinski definition) is 1. The van der Waals surface area contributed by atoms with E-state index in [0.29, 0.717) is 12.2 Å². The molecular formula is C19H22N2O2. The van der Waals surface area contributed by atoms with Crippen molar-refractivity contribution in [1.29, 1.82) is 0 Å². The summed E-state index contributed by atoms with van der Waals surface area (Å²) < 4.78 is 5.36. The second-order valence-corrected chi connectivity index (χ2v) is 5.18. The van der Waals surface area contributed by atoms with Crippen LogP contribution < -0.4 is 10.2 Å². The summed E-state index contributed by atoms with van der Waals surface area (Å²) in [5.74, 6) is 0.521. The highest BCUT2D eigenvalue weighted by Crippen LogP contribution is 2.12. The van der Waals surface area contributed by atoms with Crippen LogP contribution in [-0.4, -0.2) is 18.2 Å². The molecule has 0 bridgehead atoms. The third kappa shape index (κ3) is 4.68. The first-order valence-electron chi connectivity index (χ1n) is 7.80. The van der Waals surface area contributed by atoms with Gasteiger partial charge in [-0.25, -0.2) is 5.43 Å². The molecule has 0 aromatic heterocycles. The van der Waals surface area contributed by atoms with Crippen LogP contribution in [0.2, 0.25) is 0 Å². The van der Waals surface area contributed by atoms with Crippen LogP contribution in [0.4, 0.5) is 0 Å². The Hall–Kier alpha value is -2.62. The number of rotatable bonds is 6. The molecule has 120 valence electrons. The summed E-state index contributed by atoms with van der Waals surface area (Å²) in [5.41, 5.74) is 6.24. The van der Waals surface area contributed by atoms with Crippen molar-refractivity contribution in [2.75, 3.05) is 6.61 Å². The molecule has 4 nitrogen and oxygen atoms in total. The number of carbonyl (C=O) groups excluding carboxylic acids is 1. The topological polar surface area (TPSA) is 50.7 Å². The van der Waals surface area contributed by atoms with Crippen molar-refractivity contribution in [1.82, 2.24) is 5.43 Å². The molecule has 23 heavy (non-hydrogen) atoms. The summed E-state index contributed by atoms with van der Waals surface area (Å²) in [4.78, 5) is 12.2. The highest BCUT2D eigenvalue weighted by Gasteiger charge is 2.06. The van der Waals surface area contributed by atoms with Crippen LogP contribution in [0.1, 0.15) is 41.8 Å². The van der Waals surface area contributed by atoms with Gasteiger partial charge in [0.15, 0.2) is 0 Å². The smallest absolute Gasteiger partial charge is 0.271 e. The molecule has 0 aliphatic carbocycles. The fourth-order valence-electron chi connectivity index (χ4n) is 2.15. The molecule has 0 radical (unpaired) electrons. The quantitative estimate of drug-likeness (QED) is 0.649. The number of amides is 1.